The number of nitriles is 1. The first-order valence-corrected chi connectivity index (χ1v) is 7.08. The maximum absolute atomic E-state index is 9.28. The topological polar surface area (TPSA) is 57.9 Å². The summed E-state index contributed by atoms with van der Waals surface area (Å²) < 4.78 is 5.14. The Kier molecular flexibility index (Phi) is 4.77. The van der Waals surface area contributed by atoms with Gasteiger partial charge in [0, 0.05) is 25.6 Å². The Balaban J connectivity index is 2.18. The van der Waals surface area contributed by atoms with Gasteiger partial charge in [0.05, 0.1) is 17.1 Å². The Morgan fingerprint density at radius 2 is 2.10 bits per heavy atom. The number of para-hydroxylation sites is 1. The Morgan fingerprint density at radius 3 is 2.81 bits per heavy atom. The van der Waals surface area contributed by atoms with Crippen molar-refractivity contribution in [3.8, 4) is 6.07 Å². The minimum absolute atomic E-state index is 0.107. The SMILES string of the molecule is COCCC(C)(C)CNc1cc(C#N)c2ccccc2n1. The maximum Gasteiger partial charge on any atom is 0.128 e. The molecule has 0 bridgehead atoms. The molecule has 1 N–H and O–H groups in total. The fraction of sp³-hybridized carbons (Fsp3) is 0.412. The number of fused-ring (bicyclic) bond motifs is 1. The van der Waals surface area contributed by atoms with Crippen molar-refractivity contribution >= 4 is 16.7 Å². The van der Waals surface area contributed by atoms with Crippen molar-refractivity contribution in [2.45, 2.75) is 20.3 Å². The first-order valence-electron chi connectivity index (χ1n) is 7.08. The van der Waals surface area contributed by atoms with Crippen LogP contribution in [0, 0.1) is 16.7 Å². The van der Waals surface area contributed by atoms with Crippen molar-refractivity contribution in [3.63, 3.8) is 0 Å². The molecule has 110 valence electrons. The first-order chi connectivity index (χ1) is 10.1. The van der Waals surface area contributed by atoms with Gasteiger partial charge in [-0.05, 0) is 24.0 Å². The summed E-state index contributed by atoms with van der Waals surface area (Å²) >= 11 is 0. The summed E-state index contributed by atoms with van der Waals surface area (Å²) in [5.74, 6) is 0.746. The molecule has 21 heavy (non-hydrogen) atoms. The molecule has 0 aliphatic carbocycles. The molecule has 0 saturated heterocycles. The fourth-order valence-electron chi connectivity index (χ4n) is 2.16. The highest BCUT2D eigenvalue weighted by molar-refractivity contribution is 5.86. The Hall–Kier alpha value is -2.12. The van der Waals surface area contributed by atoms with Gasteiger partial charge in [-0.3, -0.25) is 0 Å². The predicted molar refractivity (Wildman–Crippen MR) is 85.2 cm³/mol. The van der Waals surface area contributed by atoms with E-state index in [2.05, 4.69) is 30.2 Å². The number of hydrogen-bond acceptors (Lipinski definition) is 4. The largest absolute Gasteiger partial charge is 0.385 e. The molecule has 0 saturated carbocycles. The zero-order chi connectivity index (χ0) is 15.3. The Bertz CT molecular complexity index is 659. The minimum atomic E-state index is 0.107. The van der Waals surface area contributed by atoms with Crippen molar-refractivity contribution in [3.05, 3.63) is 35.9 Å². The summed E-state index contributed by atoms with van der Waals surface area (Å²) in [6, 6.07) is 11.8. The molecule has 0 unspecified atom stereocenters. The number of methoxy groups -OCH3 is 1. The van der Waals surface area contributed by atoms with Gasteiger partial charge in [0.25, 0.3) is 0 Å². The first kappa shape index (κ1) is 15.3. The van der Waals surface area contributed by atoms with Crippen LogP contribution in [0.5, 0.6) is 0 Å². The highest BCUT2D eigenvalue weighted by atomic mass is 16.5. The van der Waals surface area contributed by atoms with E-state index in [0.29, 0.717) is 5.56 Å². The zero-order valence-electron chi connectivity index (χ0n) is 12.8. The van der Waals surface area contributed by atoms with E-state index < -0.39 is 0 Å². The van der Waals surface area contributed by atoms with E-state index in [1.165, 1.54) is 0 Å². The van der Waals surface area contributed by atoms with Crippen molar-refractivity contribution in [1.82, 2.24) is 4.98 Å². The van der Waals surface area contributed by atoms with Crippen LogP contribution in [-0.4, -0.2) is 25.2 Å². The van der Waals surface area contributed by atoms with Crippen molar-refractivity contribution in [2.75, 3.05) is 25.6 Å². The van der Waals surface area contributed by atoms with Gasteiger partial charge in [-0.1, -0.05) is 32.0 Å². The molecule has 0 spiro atoms. The Labute approximate surface area is 125 Å². The lowest BCUT2D eigenvalue weighted by Crippen LogP contribution is -2.25. The van der Waals surface area contributed by atoms with Gasteiger partial charge in [0.15, 0.2) is 0 Å². The van der Waals surface area contributed by atoms with E-state index in [4.69, 9.17) is 4.74 Å². The smallest absolute Gasteiger partial charge is 0.128 e. The van der Waals surface area contributed by atoms with Gasteiger partial charge in [-0.15, -0.1) is 0 Å². The lowest BCUT2D eigenvalue weighted by molar-refractivity contribution is 0.157. The van der Waals surface area contributed by atoms with Crippen LogP contribution in [0.15, 0.2) is 30.3 Å². The van der Waals surface area contributed by atoms with Crippen LogP contribution in [0.2, 0.25) is 0 Å². The van der Waals surface area contributed by atoms with Gasteiger partial charge in [-0.2, -0.15) is 5.26 Å². The Morgan fingerprint density at radius 1 is 1.33 bits per heavy atom. The second-order valence-electron chi connectivity index (χ2n) is 5.94. The number of anilines is 1. The number of nitrogens with zero attached hydrogens (tertiary/aromatic N) is 2. The van der Waals surface area contributed by atoms with Gasteiger partial charge in [0.1, 0.15) is 5.82 Å². The third-order valence-corrected chi connectivity index (χ3v) is 3.57. The second kappa shape index (κ2) is 6.55. The quantitative estimate of drug-likeness (QED) is 0.880. The molecular weight excluding hydrogens is 262 g/mol. The van der Waals surface area contributed by atoms with Crippen LogP contribution in [0.3, 0.4) is 0 Å². The van der Waals surface area contributed by atoms with Crippen LogP contribution in [0.25, 0.3) is 10.9 Å². The lowest BCUT2D eigenvalue weighted by Gasteiger charge is -2.25. The molecule has 0 aliphatic rings. The predicted octanol–water partition coefficient (Wildman–Crippen LogP) is 3.58. The average Bonchev–Trinajstić information content (AvgIpc) is 2.50. The van der Waals surface area contributed by atoms with E-state index in [9.17, 15) is 5.26 Å². The number of ether oxygens (including phenoxy) is 1. The molecule has 1 heterocycles. The third-order valence-electron chi connectivity index (χ3n) is 3.57. The molecule has 0 radical (unpaired) electrons. The standard InChI is InChI=1S/C17H21N3O/c1-17(2,8-9-21-3)12-19-16-10-13(11-18)14-6-4-5-7-15(14)20-16/h4-7,10H,8-9,12H2,1-3H3,(H,19,20). The summed E-state index contributed by atoms with van der Waals surface area (Å²) in [7, 11) is 1.72. The van der Waals surface area contributed by atoms with Crippen LogP contribution < -0.4 is 5.32 Å². The summed E-state index contributed by atoms with van der Waals surface area (Å²) in [6.07, 6.45) is 0.967. The molecule has 4 heteroatoms. The second-order valence-corrected chi connectivity index (χ2v) is 5.94. The van der Waals surface area contributed by atoms with Gasteiger partial charge >= 0.3 is 0 Å². The average molecular weight is 283 g/mol. The maximum atomic E-state index is 9.28. The van der Waals surface area contributed by atoms with E-state index in [0.717, 1.165) is 36.3 Å². The molecule has 2 rings (SSSR count). The van der Waals surface area contributed by atoms with Crippen LogP contribution in [0.4, 0.5) is 5.82 Å². The number of benzene rings is 1. The third kappa shape index (κ3) is 3.93. The van der Waals surface area contributed by atoms with Gasteiger partial charge in [0.2, 0.25) is 0 Å². The van der Waals surface area contributed by atoms with E-state index >= 15 is 0 Å². The normalized spacial score (nSPS) is 11.3. The summed E-state index contributed by atoms with van der Waals surface area (Å²) in [5, 5.41) is 13.5. The number of aromatic nitrogens is 1. The molecule has 0 atom stereocenters. The van der Waals surface area contributed by atoms with Crippen LogP contribution >= 0.6 is 0 Å². The summed E-state index contributed by atoms with van der Waals surface area (Å²) in [5.41, 5.74) is 1.60. The van der Waals surface area contributed by atoms with Gasteiger partial charge in [-0.25, -0.2) is 4.98 Å². The molecule has 2 aromatic rings. The highest BCUT2D eigenvalue weighted by Crippen LogP contribution is 2.23. The van der Waals surface area contributed by atoms with Crippen molar-refractivity contribution in [1.29, 1.82) is 5.26 Å². The molecule has 0 amide bonds. The number of hydrogen-bond donors (Lipinski definition) is 1. The van der Waals surface area contributed by atoms with Crippen molar-refractivity contribution < 1.29 is 4.74 Å². The molecule has 0 aliphatic heterocycles. The number of nitrogens with one attached hydrogen (secondary N) is 1. The van der Waals surface area contributed by atoms with Crippen LogP contribution in [-0.2, 0) is 4.74 Å². The van der Waals surface area contributed by atoms with E-state index in [-0.39, 0.29) is 5.41 Å². The van der Waals surface area contributed by atoms with Crippen LogP contribution in [0.1, 0.15) is 25.8 Å². The number of rotatable bonds is 6. The zero-order valence-corrected chi connectivity index (χ0v) is 12.8. The van der Waals surface area contributed by atoms with E-state index in [1.54, 1.807) is 7.11 Å². The fourth-order valence-corrected chi connectivity index (χ4v) is 2.16. The van der Waals surface area contributed by atoms with E-state index in [1.807, 2.05) is 30.3 Å². The molecule has 0 fully saturated rings. The molecule has 1 aromatic carbocycles. The molecule has 1 aromatic heterocycles. The van der Waals surface area contributed by atoms with Crippen molar-refractivity contribution in [2.24, 2.45) is 5.41 Å². The highest BCUT2D eigenvalue weighted by Gasteiger charge is 2.17. The molecule has 4 nitrogen and oxygen atoms in total. The van der Waals surface area contributed by atoms with Gasteiger partial charge < -0.3 is 10.1 Å². The lowest BCUT2D eigenvalue weighted by atomic mass is 9.90. The number of pyridine rings is 1. The summed E-state index contributed by atoms with van der Waals surface area (Å²) in [4.78, 5) is 4.57. The monoisotopic (exact) mass is 283 g/mol. The minimum Gasteiger partial charge on any atom is -0.385 e. The molecular formula is C17H21N3O. The summed E-state index contributed by atoms with van der Waals surface area (Å²) in [6.45, 7) is 5.90.